The van der Waals surface area contributed by atoms with Crippen molar-refractivity contribution in [1.82, 2.24) is 0 Å². The first-order valence-corrected chi connectivity index (χ1v) is 6.93. The molecule has 6 heteroatoms. The number of carbonyl (C=O) groups excluding carboxylic acids is 1. The Balaban J connectivity index is 2.41. The van der Waals surface area contributed by atoms with Gasteiger partial charge in [0.15, 0.2) is 0 Å². The molecule has 1 atom stereocenters. The molecule has 1 unspecified atom stereocenters. The van der Waals surface area contributed by atoms with Crippen molar-refractivity contribution >= 4 is 29.3 Å². The van der Waals surface area contributed by atoms with Crippen LogP contribution in [0.3, 0.4) is 0 Å². The van der Waals surface area contributed by atoms with Crippen LogP contribution < -0.4 is 10.1 Å². The van der Waals surface area contributed by atoms with E-state index in [0.29, 0.717) is 17.2 Å². The molecule has 2 N–H and O–H groups in total. The molecule has 1 aromatic carbocycles. The van der Waals surface area contributed by atoms with Crippen LogP contribution in [-0.4, -0.2) is 35.6 Å². The second-order valence-corrected chi connectivity index (χ2v) is 5.03. The maximum Gasteiger partial charge on any atom is 0.307 e. The number of benzene rings is 1. The normalized spacial score (nSPS) is 11.7. The van der Waals surface area contributed by atoms with E-state index in [0.717, 1.165) is 0 Å². The second kappa shape index (κ2) is 7.68. The highest BCUT2D eigenvalue weighted by Gasteiger charge is 2.12. The Kier molecular flexibility index (Phi) is 6.21. The minimum atomic E-state index is -0.849. The molecule has 0 radical (unpaired) electrons. The first-order chi connectivity index (χ1) is 9.04. The Bertz CT molecular complexity index is 450. The summed E-state index contributed by atoms with van der Waals surface area (Å²) in [7, 11) is 1.54. The zero-order valence-electron chi connectivity index (χ0n) is 10.9. The molecule has 0 aliphatic heterocycles. The minimum absolute atomic E-state index is 0.174. The van der Waals surface area contributed by atoms with E-state index in [-0.39, 0.29) is 11.7 Å². The maximum absolute atomic E-state index is 11.7. The average molecular weight is 283 g/mol. The molecule has 0 bridgehead atoms. The summed E-state index contributed by atoms with van der Waals surface area (Å²) in [6, 6.07) is 7.13. The van der Waals surface area contributed by atoms with Gasteiger partial charge in [0.25, 0.3) is 0 Å². The molecule has 0 aromatic heterocycles. The predicted octanol–water partition coefficient (Wildman–Crippen LogP) is 2.09. The first-order valence-electron chi connectivity index (χ1n) is 5.78. The van der Waals surface area contributed by atoms with Gasteiger partial charge in [-0.05, 0) is 12.1 Å². The molecule has 0 fully saturated rings. The van der Waals surface area contributed by atoms with E-state index in [1.165, 1.54) is 18.9 Å². The van der Waals surface area contributed by atoms with Crippen molar-refractivity contribution in [3.8, 4) is 5.75 Å². The van der Waals surface area contributed by atoms with Crippen molar-refractivity contribution < 1.29 is 19.4 Å². The van der Waals surface area contributed by atoms with Crippen LogP contribution in [0.5, 0.6) is 5.75 Å². The zero-order valence-corrected chi connectivity index (χ0v) is 11.7. The van der Waals surface area contributed by atoms with Crippen LogP contribution in [0, 0.1) is 5.92 Å². The Morgan fingerprint density at radius 3 is 2.74 bits per heavy atom. The lowest BCUT2D eigenvalue weighted by molar-refractivity contribution is -0.140. The molecule has 0 aliphatic carbocycles. The topological polar surface area (TPSA) is 75.6 Å². The number of carbonyl (C=O) groups is 2. The molecule has 5 nitrogen and oxygen atoms in total. The lowest BCUT2D eigenvalue weighted by atomic mass is 10.2. The summed E-state index contributed by atoms with van der Waals surface area (Å²) in [6.07, 6.45) is 0. The summed E-state index contributed by atoms with van der Waals surface area (Å²) in [5.74, 6) is -0.252. The third-order valence-electron chi connectivity index (χ3n) is 2.40. The molecule has 0 saturated heterocycles. The summed E-state index contributed by atoms with van der Waals surface area (Å²) in [6.45, 7) is 1.62. The van der Waals surface area contributed by atoms with Gasteiger partial charge in [0.2, 0.25) is 5.91 Å². The maximum atomic E-state index is 11.7. The van der Waals surface area contributed by atoms with Gasteiger partial charge in [-0.15, -0.1) is 0 Å². The number of rotatable bonds is 7. The van der Waals surface area contributed by atoms with Crippen LogP contribution in [0.15, 0.2) is 24.3 Å². The Morgan fingerprint density at radius 2 is 2.11 bits per heavy atom. The molecule has 104 valence electrons. The number of carboxylic acid groups (broad SMARTS) is 1. The van der Waals surface area contributed by atoms with E-state index >= 15 is 0 Å². The number of hydrogen-bond donors (Lipinski definition) is 2. The number of nitrogens with one attached hydrogen (secondary N) is 1. The highest BCUT2D eigenvalue weighted by Crippen LogP contribution is 2.23. The Hall–Kier alpha value is -1.69. The number of thioether (sulfide) groups is 1. The van der Waals surface area contributed by atoms with Crippen molar-refractivity contribution in [3.63, 3.8) is 0 Å². The quantitative estimate of drug-likeness (QED) is 0.801. The zero-order chi connectivity index (χ0) is 14.3. The average Bonchev–Trinajstić information content (AvgIpc) is 2.39. The standard InChI is InChI=1S/C13H17NO4S/c1-9(13(16)17)7-19-8-12(15)14-10-5-3-4-6-11(10)18-2/h3-6,9H,7-8H2,1-2H3,(H,14,15)(H,16,17). The van der Waals surface area contributed by atoms with Gasteiger partial charge in [0, 0.05) is 5.75 Å². The predicted molar refractivity (Wildman–Crippen MR) is 75.7 cm³/mol. The third-order valence-corrected chi connectivity index (χ3v) is 3.61. The largest absolute Gasteiger partial charge is 0.495 e. The molecular weight excluding hydrogens is 266 g/mol. The van der Waals surface area contributed by atoms with Crippen molar-refractivity contribution in [1.29, 1.82) is 0 Å². The van der Waals surface area contributed by atoms with Gasteiger partial charge in [-0.1, -0.05) is 19.1 Å². The molecule has 0 heterocycles. The fraction of sp³-hybridized carbons (Fsp3) is 0.385. The van der Waals surface area contributed by atoms with Crippen LogP contribution in [0.4, 0.5) is 5.69 Å². The highest BCUT2D eigenvalue weighted by molar-refractivity contribution is 8.00. The van der Waals surface area contributed by atoms with E-state index in [4.69, 9.17) is 9.84 Å². The molecule has 1 amide bonds. The second-order valence-electron chi connectivity index (χ2n) is 4.00. The van der Waals surface area contributed by atoms with Crippen LogP contribution >= 0.6 is 11.8 Å². The Morgan fingerprint density at radius 1 is 1.42 bits per heavy atom. The summed E-state index contributed by atoms with van der Waals surface area (Å²) in [5, 5.41) is 11.5. The number of anilines is 1. The summed E-state index contributed by atoms with van der Waals surface area (Å²) >= 11 is 1.30. The van der Waals surface area contributed by atoms with Gasteiger partial charge in [0.05, 0.1) is 24.5 Å². The fourth-order valence-electron chi connectivity index (χ4n) is 1.33. The van der Waals surface area contributed by atoms with Crippen LogP contribution in [0.2, 0.25) is 0 Å². The van der Waals surface area contributed by atoms with E-state index in [1.807, 2.05) is 6.07 Å². The van der Waals surface area contributed by atoms with E-state index < -0.39 is 11.9 Å². The summed E-state index contributed by atoms with van der Waals surface area (Å²) in [5.41, 5.74) is 0.613. The highest BCUT2D eigenvalue weighted by atomic mass is 32.2. The number of carboxylic acids is 1. The van der Waals surface area contributed by atoms with Gasteiger partial charge >= 0.3 is 5.97 Å². The van der Waals surface area contributed by atoms with Crippen molar-refractivity contribution in [2.24, 2.45) is 5.92 Å². The molecule has 0 aliphatic rings. The molecular formula is C13H17NO4S. The van der Waals surface area contributed by atoms with Crippen LogP contribution in [-0.2, 0) is 9.59 Å². The third kappa shape index (κ3) is 5.21. The number of ether oxygens (including phenoxy) is 1. The molecule has 1 aromatic rings. The lowest BCUT2D eigenvalue weighted by Crippen LogP contribution is -2.17. The van der Waals surface area contributed by atoms with E-state index in [9.17, 15) is 9.59 Å². The minimum Gasteiger partial charge on any atom is -0.495 e. The number of methoxy groups -OCH3 is 1. The Labute approximate surface area is 116 Å². The van der Waals surface area contributed by atoms with Crippen LogP contribution in [0.1, 0.15) is 6.92 Å². The van der Waals surface area contributed by atoms with Crippen molar-refractivity contribution in [3.05, 3.63) is 24.3 Å². The smallest absolute Gasteiger partial charge is 0.307 e. The molecule has 19 heavy (non-hydrogen) atoms. The van der Waals surface area contributed by atoms with Gasteiger partial charge in [-0.2, -0.15) is 11.8 Å². The molecule has 0 spiro atoms. The fourth-order valence-corrected chi connectivity index (χ4v) is 2.21. The van der Waals surface area contributed by atoms with E-state index in [1.54, 1.807) is 25.1 Å². The van der Waals surface area contributed by atoms with E-state index in [2.05, 4.69) is 5.32 Å². The van der Waals surface area contributed by atoms with Gasteiger partial charge in [-0.3, -0.25) is 9.59 Å². The summed E-state index contributed by atoms with van der Waals surface area (Å²) in [4.78, 5) is 22.3. The summed E-state index contributed by atoms with van der Waals surface area (Å²) < 4.78 is 5.12. The van der Waals surface area contributed by atoms with Crippen LogP contribution in [0.25, 0.3) is 0 Å². The lowest BCUT2D eigenvalue weighted by Gasteiger charge is -2.10. The first kappa shape index (κ1) is 15.4. The SMILES string of the molecule is COc1ccccc1NC(=O)CSCC(C)C(=O)O. The van der Waals surface area contributed by atoms with Gasteiger partial charge < -0.3 is 15.2 Å². The van der Waals surface area contributed by atoms with Gasteiger partial charge in [0.1, 0.15) is 5.75 Å². The number of para-hydroxylation sites is 2. The number of hydrogen-bond acceptors (Lipinski definition) is 4. The molecule has 1 rings (SSSR count). The number of aliphatic carboxylic acids is 1. The van der Waals surface area contributed by atoms with Crippen molar-refractivity contribution in [2.75, 3.05) is 23.9 Å². The van der Waals surface area contributed by atoms with Gasteiger partial charge in [-0.25, -0.2) is 0 Å². The van der Waals surface area contributed by atoms with Crippen molar-refractivity contribution in [2.45, 2.75) is 6.92 Å². The monoisotopic (exact) mass is 283 g/mol. The number of amides is 1. The molecule has 0 saturated carbocycles.